The molecule has 3 aromatic rings. The molecule has 38 heavy (non-hydrogen) atoms. The highest BCUT2D eigenvalue weighted by molar-refractivity contribution is 5.70. The third-order valence-corrected chi connectivity index (χ3v) is 7.15. The van der Waals surface area contributed by atoms with Crippen molar-refractivity contribution in [3.63, 3.8) is 0 Å². The van der Waals surface area contributed by atoms with E-state index < -0.39 is 23.6 Å². The largest absolute Gasteiger partial charge is 0.493 e. The predicted octanol–water partition coefficient (Wildman–Crippen LogP) is 4.11. The van der Waals surface area contributed by atoms with Gasteiger partial charge in [-0.15, -0.1) is 0 Å². The second-order valence-electron chi connectivity index (χ2n) is 9.10. The van der Waals surface area contributed by atoms with Crippen molar-refractivity contribution in [3.8, 4) is 28.8 Å². The Morgan fingerprint density at radius 1 is 1.03 bits per heavy atom. The zero-order chi connectivity index (χ0) is 27.1. The molecule has 5 rings (SSSR count). The van der Waals surface area contributed by atoms with E-state index in [0.29, 0.717) is 49.1 Å². The molecule has 3 heterocycles. The number of methoxy groups -OCH3 is 2. The predicted molar refractivity (Wildman–Crippen MR) is 135 cm³/mol. The van der Waals surface area contributed by atoms with E-state index in [0.717, 1.165) is 5.69 Å². The Hall–Kier alpha value is -4.17. The minimum absolute atomic E-state index is 0.0540. The maximum Gasteiger partial charge on any atom is 0.403 e. The first kappa shape index (κ1) is 25.5. The Morgan fingerprint density at radius 2 is 1.71 bits per heavy atom. The molecular formula is C27H26F3N5O3. The molecular weight excluding hydrogens is 499 g/mol. The molecule has 2 aromatic carbocycles. The van der Waals surface area contributed by atoms with Crippen molar-refractivity contribution in [2.24, 2.45) is 5.73 Å². The van der Waals surface area contributed by atoms with Crippen LogP contribution in [0.1, 0.15) is 11.3 Å². The molecule has 0 saturated carbocycles. The van der Waals surface area contributed by atoms with E-state index in [4.69, 9.17) is 19.9 Å². The summed E-state index contributed by atoms with van der Waals surface area (Å²) >= 11 is 0. The lowest BCUT2D eigenvalue weighted by atomic mass is 9.69. The van der Waals surface area contributed by atoms with Crippen LogP contribution in [0.15, 0.2) is 54.1 Å². The van der Waals surface area contributed by atoms with E-state index in [-0.39, 0.29) is 17.1 Å². The van der Waals surface area contributed by atoms with Crippen molar-refractivity contribution >= 4 is 11.5 Å². The molecule has 198 valence electrons. The van der Waals surface area contributed by atoms with Crippen molar-refractivity contribution < 1.29 is 27.4 Å². The second-order valence-corrected chi connectivity index (χ2v) is 9.10. The van der Waals surface area contributed by atoms with E-state index in [1.165, 1.54) is 31.0 Å². The van der Waals surface area contributed by atoms with Crippen molar-refractivity contribution in [1.29, 1.82) is 5.26 Å². The lowest BCUT2D eigenvalue weighted by Gasteiger charge is -2.39. The summed E-state index contributed by atoms with van der Waals surface area (Å²) in [6, 6.07) is 14.6. The summed E-state index contributed by atoms with van der Waals surface area (Å²) in [5.41, 5.74) is 5.00. The summed E-state index contributed by atoms with van der Waals surface area (Å²) in [4.78, 5) is 2.05. The first-order chi connectivity index (χ1) is 18.2. The summed E-state index contributed by atoms with van der Waals surface area (Å²) in [7, 11) is 2.99. The monoisotopic (exact) mass is 525 g/mol. The number of aromatic nitrogens is 2. The summed E-state index contributed by atoms with van der Waals surface area (Å²) in [6.07, 6.45) is -5.33. The van der Waals surface area contributed by atoms with Gasteiger partial charge >= 0.3 is 6.18 Å². The minimum Gasteiger partial charge on any atom is -0.493 e. The minimum atomic E-state index is -4.80. The maximum atomic E-state index is 15.0. The normalized spacial score (nSPS) is 19.6. The van der Waals surface area contributed by atoms with Gasteiger partial charge in [0, 0.05) is 36.5 Å². The molecule has 0 aliphatic carbocycles. The van der Waals surface area contributed by atoms with Gasteiger partial charge in [-0.3, -0.25) is 0 Å². The topological polar surface area (TPSA) is 98.6 Å². The Morgan fingerprint density at radius 3 is 2.32 bits per heavy atom. The number of allylic oxidation sites excluding steroid dienone is 1. The van der Waals surface area contributed by atoms with Crippen LogP contribution in [-0.2, 0) is 16.6 Å². The van der Waals surface area contributed by atoms with Crippen LogP contribution in [0.25, 0.3) is 17.1 Å². The molecule has 8 nitrogen and oxygen atoms in total. The molecule has 11 heteroatoms. The standard InChI is InChI=1S/C27H26F3N5O3/c1-36-23-8-3-17(13-24(23)37-2)22-14-20-15-26(27(28,29)30,21(16-31)25(32)35(20)33-22)18-4-6-19(7-5-18)34-9-11-38-12-10-34/h3-8,13-14H,9-12,15,32H2,1-2H3. The van der Waals surface area contributed by atoms with Crippen molar-refractivity contribution in [3.05, 3.63) is 65.4 Å². The summed E-state index contributed by atoms with van der Waals surface area (Å²) in [5, 5.41) is 14.4. The SMILES string of the molecule is COc1ccc(-c2cc3n(n2)C(N)=C(C#N)C(c2ccc(N4CCOCC4)cc2)(C(F)(F)F)C3)cc1OC. The number of alkyl halides is 3. The fourth-order valence-electron chi connectivity index (χ4n) is 5.16. The van der Waals surface area contributed by atoms with Crippen LogP contribution < -0.4 is 20.1 Å². The number of hydrogen-bond acceptors (Lipinski definition) is 7. The maximum absolute atomic E-state index is 15.0. The van der Waals surface area contributed by atoms with Crippen LogP contribution >= 0.6 is 0 Å². The number of nitriles is 1. The Kier molecular flexibility index (Phi) is 6.44. The zero-order valence-corrected chi connectivity index (χ0v) is 20.9. The van der Waals surface area contributed by atoms with Gasteiger partial charge in [0.15, 0.2) is 11.5 Å². The molecule has 1 fully saturated rings. The molecule has 0 amide bonds. The molecule has 2 N–H and O–H groups in total. The molecule has 1 aromatic heterocycles. The number of nitrogens with zero attached hydrogens (tertiary/aromatic N) is 4. The summed E-state index contributed by atoms with van der Waals surface area (Å²) in [6.45, 7) is 2.41. The van der Waals surface area contributed by atoms with Gasteiger partial charge in [0.25, 0.3) is 0 Å². The number of rotatable bonds is 5. The van der Waals surface area contributed by atoms with Gasteiger partial charge in [-0.05, 0) is 42.0 Å². The van der Waals surface area contributed by atoms with Crippen LogP contribution in [0.3, 0.4) is 0 Å². The highest BCUT2D eigenvalue weighted by Crippen LogP contribution is 2.52. The number of fused-ring (bicyclic) bond motifs is 1. The highest BCUT2D eigenvalue weighted by Gasteiger charge is 2.61. The molecule has 1 unspecified atom stereocenters. The zero-order valence-electron chi connectivity index (χ0n) is 20.9. The Balaban J connectivity index is 1.60. The first-order valence-corrected chi connectivity index (χ1v) is 12.0. The first-order valence-electron chi connectivity index (χ1n) is 12.0. The van der Waals surface area contributed by atoms with E-state index in [1.54, 1.807) is 42.5 Å². The molecule has 1 atom stereocenters. The number of hydrogen-bond donors (Lipinski definition) is 1. The van der Waals surface area contributed by atoms with Crippen molar-refractivity contribution in [2.75, 3.05) is 45.4 Å². The lowest BCUT2D eigenvalue weighted by molar-refractivity contribution is -0.179. The fourth-order valence-corrected chi connectivity index (χ4v) is 5.16. The van der Waals surface area contributed by atoms with E-state index >= 15 is 13.2 Å². The van der Waals surface area contributed by atoms with Crippen LogP contribution in [0, 0.1) is 11.3 Å². The van der Waals surface area contributed by atoms with Gasteiger partial charge in [-0.25, -0.2) is 4.68 Å². The van der Waals surface area contributed by atoms with Gasteiger partial charge in [-0.1, -0.05) is 12.1 Å². The molecule has 2 aliphatic rings. The van der Waals surface area contributed by atoms with E-state index in [9.17, 15) is 5.26 Å². The third-order valence-electron chi connectivity index (χ3n) is 7.15. The van der Waals surface area contributed by atoms with E-state index in [2.05, 4.69) is 5.10 Å². The number of benzene rings is 2. The molecule has 2 aliphatic heterocycles. The summed E-state index contributed by atoms with van der Waals surface area (Å²) < 4.78 is 62.3. The van der Waals surface area contributed by atoms with Crippen LogP contribution in [0.2, 0.25) is 0 Å². The molecule has 1 saturated heterocycles. The number of anilines is 1. The molecule has 0 bridgehead atoms. The van der Waals surface area contributed by atoms with Gasteiger partial charge < -0.3 is 24.8 Å². The van der Waals surface area contributed by atoms with Gasteiger partial charge in [0.05, 0.1) is 44.8 Å². The van der Waals surface area contributed by atoms with Gasteiger partial charge in [0.2, 0.25) is 0 Å². The van der Waals surface area contributed by atoms with Crippen molar-refractivity contribution in [2.45, 2.75) is 18.0 Å². The average Bonchev–Trinajstić information content (AvgIpc) is 3.37. The Bertz CT molecular complexity index is 1420. The van der Waals surface area contributed by atoms with Crippen LogP contribution in [-0.4, -0.2) is 56.5 Å². The smallest absolute Gasteiger partial charge is 0.403 e. The Labute approximate surface area is 217 Å². The van der Waals surface area contributed by atoms with Gasteiger partial charge in [0.1, 0.15) is 11.2 Å². The van der Waals surface area contributed by atoms with Crippen LogP contribution in [0.4, 0.5) is 18.9 Å². The van der Waals surface area contributed by atoms with E-state index in [1.807, 2.05) is 4.90 Å². The average molecular weight is 526 g/mol. The molecule has 0 radical (unpaired) electrons. The lowest BCUT2D eigenvalue weighted by Crippen LogP contribution is -2.49. The number of morpholine rings is 1. The number of nitrogens with two attached hydrogens (primary N) is 1. The number of ether oxygens (including phenoxy) is 3. The third kappa shape index (κ3) is 4.01. The molecule has 0 spiro atoms. The van der Waals surface area contributed by atoms with Gasteiger partial charge in [-0.2, -0.15) is 23.5 Å². The fraction of sp³-hybridized carbons (Fsp3) is 0.333. The highest BCUT2D eigenvalue weighted by atomic mass is 19.4. The summed E-state index contributed by atoms with van der Waals surface area (Å²) in [5.74, 6) is 0.597. The van der Waals surface area contributed by atoms with Crippen LogP contribution in [0.5, 0.6) is 11.5 Å². The second kappa shape index (κ2) is 9.61. The number of halogens is 3. The van der Waals surface area contributed by atoms with Crippen molar-refractivity contribution in [1.82, 2.24) is 9.78 Å². The quantitative estimate of drug-likeness (QED) is 0.535.